The van der Waals surface area contributed by atoms with Crippen molar-refractivity contribution in [3.8, 4) is 22.8 Å². The predicted molar refractivity (Wildman–Crippen MR) is 122 cm³/mol. The maximum Gasteiger partial charge on any atom is 0.407 e. The average Bonchev–Trinajstić information content (AvgIpc) is 3.43. The van der Waals surface area contributed by atoms with Crippen LogP contribution in [-0.2, 0) is 6.42 Å². The van der Waals surface area contributed by atoms with E-state index in [1.165, 1.54) is 4.90 Å². The number of benzene rings is 2. The largest absolute Gasteiger partial charge is 0.465 e. The van der Waals surface area contributed by atoms with E-state index in [1.54, 1.807) is 6.20 Å². The number of anilines is 1. The molecule has 1 atom stereocenters. The zero-order chi connectivity index (χ0) is 22.1. The molecule has 8 nitrogen and oxygen atoms in total. The maximum absolute atomic E-state index is 11.5. The molecule has 2 aromatic heterocycles. The number of pyridine rings is 1. The van der Waals surface area contributed by atoms with E-state index in [9.17, 15) is 9.90 Å². The number of likely N-dealkylation sites (tertiary alicyclic amines) is 1. The molecule has 1 fully saturated rings. The van der Waals surface area contributed by atoms with E-state index in [4.69, 9.17) is 10.5 Å². The van der Waals surface area contributed by atoms with Gasteiger partial charge in [-0.1, -0.05) is 18.2 Å². The number of amides is 1. The van der Waals surface area contributed by atoms with Crippen LogP contribution in [0.5, 0.6) is 11.5 Å². The Morgan fingerprint density at radius 2 is 1.91 bits per heavy atom. The molecule has 3 heterocycles. The summed E-state index contributed by atoms with van der Waals surface area (Å²) in [5, 5.41) is 17.4. The lowest BCUT2D eigenvalue weighted by atomic mass is 10.0. The van der Waals surface area contributed by atoms with Crippen molar-refractivity contribution in [1.29, 1.82) is 0 Å². The number of nitrogens with one attached hydrogen (secondary N) is 1. The van der Waals surface area contributed by atoms with Gasteiger partial charge in [0.25, 0.3) is 0 Å². The van der Waals surface area contributed by atoms with Crippen molar-refractivity contribution in [2.75, 3.05) is 12.3 Å². The molecule has 0 spiro atoms. The normalized spacial score (nSPS) is 15.9. The third-order valence-electron chi connectivity index (χ3n) is 5.89. The lowest BCUT2D eigenvalue weighted by molar-refractivity contribution is 0.140. The summed E-state index contributed by atoms with van der Waals surface area (Å²) in [5.74, 6) is 1.87. The minimum absolute atomic E-state index is 0.0673. The molecule has 0 aliphatic carbocycles. The molecule has 4 aromatic rings. The zero-order valence-electron chi connectivity index (χ0n) is 17.4. The third kappa shape index (κ3) is 3.71. The van der Waals surface area contributed by atoms with Gasteiger partial charge >= 0.3 is 6.09 Å². The summed E-state index contributed by atoms with van der Waals surface area (Å²) in [6.07, 6.45) is 3.19. The van der Waals surface area contributed by atoms with Gasteiger partial charge in [-0.3, -0.25) is 10.1 Å². The second-order valence-electron chi connectivity index (χ2n) is 7.91. The Kier molecular flexibility index (Phi) is 5.10. The van der Waals surface area contributed by atoms with Crippen LogP contribution in [0.1, 0.15) is 18.4 Å². The molecule has 0 saturated carbocycles. The van der Waals surface area contributed by atoms with Gasteiger partial charge in [0.1, 0.15) is 11.5 Å². The monoisotopic (exact) mass is 429 g/mol. The van der Waals surface area contributed by atoms with Crippen LogP contribution in [0.2, 0.25) is 0 Å². The smallest absolute Gasteiger partial charge is 0.407 e. The number of H-pyrrole nitrogens is 1. The lowest BCUT2D eigenvalue weighted by Gasteiger charge is -2.21. The molecular weight excluding hydrogens is 406 g/mol. The molecule has 0 bridgehead atoms. The van der Waals surface area contributed by atoms with Crippen molar-refractivity contribution in [1.82, 2.24) is 20.1 Å². The highest BCUT2D eigenvalue weighted by Crippen LogP contribution is 2.34. The van der Waals surface area contributed by atoms with Crippen LogP contribution in [0, 0.1) is 0 Å². The highest BCUT2D eigenvalue weighted by molar-refractivity contribution is 6.01. The number of para-hydroxylation sites is 1. The second kappa shape index (κ2) is 8.22. The van der Waals surface area contributed by atoms with Crippen molar-refractivity contribution in [3.05, 3.63) is 66.4 Å². The van der Waals surface area contributed by atoms with Crippen LogP contribution in [0.3, 0.4) is 0 Å². The summed E-state index contributed by atoms with van der Waals surface area (Å²) < 4.78 is 5.87. The van der Waals surface area contributed by atoms with Crippen molar-refractivity contribution in [2.45, 2.75) is 25.3 Å². The van der Waals surface area contributed by atoms with Crippen molar-refractivity contribution >= 4 is 22.8 Å². The minimum Gasteiger partial charge on any atom is -0.465 e. The first-order chi connectivity index (χ1) is 15.6. The number of hydrogen-bond acceptors (Lipinski definition) is 5. The summed E-state index contributed by atoms with van der Waals surface area (Å²) in [4.78, 5) is 17.7. The van der Waals surface area contributed by atoms with Gasteiger partial charge in [-0.05, 0) is 61.2 Å². The molecule has 32 heavy (non-hydrogen) atoms. The second-order valence-corrected chi connectivity index (χ2v) is 7.91. The van der Waals surface area contributed by atoms with Crippen LogP contribution in [0.25, 0.3) is 22.2 Å². The van der Waals surface area contributed by atoms with Gasteiger partial charge in [-0.25, -0.2) is 4.79 Å². The number of rotatable bonds is 5. The van der Waals surface area contributed by atoms with E-state index in [2.05, 4.69) is 15.2 Å². The topological polar surface area (TPSA) is 117 Å². The summed E-state index contributed by atoms with van der Waals surface area (Å²) in [7, 11) is 0. The first-order valence-electron chi connectivity index (χ1n) is 10.5. The van der Waals surface area contributed by atoms with E-state index >= 15 is 0 Å². The highest BCUT2D eigenvalue weighted by Gasteiger charge is 2.29. The van der Waals surface area contributed by atoms with Gasteiger partial charge in [-0.2, -0.15) is 5.10 Å². The molecule has 2 aromatic carbocycles. The quantitative estimate of drug-likeness (QED) is 0.424. The number of carbonyl (C=O) groups is 1. The van der Waals surface area contributed by atoms with Gasteiger partial charge in [0.05, 0.1) is 16.6 Å². The summed E-state index contributed by atoms with van der Waals surface area (Å²) in [5.41, 5.74) is 9.52. The number of fused-ring (bicyclic) bond motifs is 1. The summed E-state index contributed by atoms with van der Waals surface area (Å²) in [6, 6.07) is 17.2. The van der Waals surface area contributed by atoms with Gasteiger partial charge < -0.3 is 20.5 Å². The van der Waals surface area contributed by atoms with E-state index in [1.807, 2.05) is 54.6 Å². The number of nitrogens with zero attached hydrogens (tertiary/aromatic N) is 3. The van der Waals surface area contributed by atoms with Crippen LogP contribution in [0.4, 0.5) is 10.6 Å². The Morgan fingerprint density at radius 3 is 2.66 bits per heavy atom. The number of aromatic amines is 1. The van der Waals surface area contributed by atoms with Crippen LogP contribution < -0.4 is 10.5 Å². The molecule has 1 aliphatic heterocycles. The number of nitrogens with two attached hydrogens (primary N) is 1. The number of nitrogen functional groups attached to an aromatic ring is 1. The lowest BCUT2D eigenvalue weighted by Crippen LogP contribution is -2.35. The van der Waals surface area contributed by atoms with E-state index < -0.39 is 6.09 Å². The number of aromatic nitrogens is 3. The molecular formula is C24H23N5O3. The summed E-state index contributed by atoms with van der Waals surface area (Å²) in [6.45, 7) is 0.567. The fraction of sp³-hybridized carbons (Fsp3) is 0.208. The van der Waals surface area contributed by atoms with Crippen LogP contribution >= 0.6 is 0 Å². The molecule has 1 amide bonds. The Balaban J connectivity index is 1.45. The highest BCUT2D eigenvalue weighted by atomic mass is 16.5. The maximum atomic E-state index is 11.5. The van der Waals surface area contributed by atoms with E-state index in [0.29, 0.717) is 18.8 Å². The zero-order valence-corrected chi connectivity index (χ0v) is 17.4. The van der Waals surface area contributed by atoms with E-state index in [-0.39, 0.29) is 6.04 Å². The van der Waals surface area contributed by atoms with Crippen molar-refractivity contribution in [2.24, 2.45) is 0 Å². The number of ether oxygens (including phenoxy) is 1. The summed E-state index contributed by atoms with van der Waals surface area (Å²) >= 11 is 0. The Hall–Kier alpha value is -4.07. The molecule has 8 heteroatoms. The molecule has 162 valence electrons. The van der Waals surface area contributed by atoms with Crippen molar-refractivity contribution in [3.63, 3.8) is 0 Å². The first kappa shape index (κ1) is 19.9. The molecule has 4 N–H and O–H groups in total. The van der Waals surface area contributed by atoms with Gasteiger partial charge in [0.2, 0.25) is 0 Å². The third-order valence-corrected chi connectivity index (χ3v) is 5.89. The predicted octanol–water partition coefficient (Wildman–Crippen LogP) is 4.68. The molecule has 1 aliphatic rings. The average molecular weight is 429 g/mol. The van der Waals surface area contributed by atoms with E-state index in [0.717, 1.165) is 52.1 Å². The van der Waals surface area contributed by atoms with Crippen LogP contribution in [0.15, 0.2) is 60.8 Å². The fourth-order valence-electron chi connectivity index (χ4n) is 4.33. The number of hydrogen-bond donors (Lipinski definition) is 3. The van der Waals surface area contributed by atoms with Gasteiger partial charge in [0, 0.05) is 24.3 Å². The molecule has 0 radical (unpaired) electrons. The van der Waals surface area contributed by atoms with Gasteiger partial charge in [0.15, 0.2) is 5.82 Å². The minimum atomic E-state index is -0.879. The Morgan fingerprint density at radius 1 is 1.16 bits per heavy atom. The van der Waals surface area contributed by atoms with Crippen molar-refractivity contribution < 1.29 is 14.6 Å². The molecule has 1 unspecified atom stereocenters. The molecule has 5 rings (SSSR count). The van der Waals surface area contributed by atoms with Gasteiger partial charge in [-0.15, -0.1) is 0 Å². The Labute approximate surface area is 184 Å². The Bertz CT molecular complexity index is 1250. The standard InChI is InChI=1S/C24H23N5O3/c25-23-20-21(15-8-10-19(11-9-15)32-18-6-2-1-3-7-18)26-14-16(22(20)27-28-23)13-17-5-4-12-29(17)24(30)31/h1-3,6-11,14,17H,4-5,12-13H2,(H,30,31)(H3,25,27,28). The first-order valence-corrected chi connectivity index (χ1v) is 10.5. The molecule has 1 saturated heterocycles. The SMILES string of the molecule is Nc1n[nH]c2c(CC3CCCN3C(=O)O)cnc(-c3ccc(Oc4ccccc4)cc3)c12. The fourth-order valence-corrected chi connectivity index (χ4v) is 4.33. The number of carboxylic acid groups (broad SMARTS) is 1. The van der Waals surface area contributed by atoms with Crippen LogP contribution in [-0.4, -0.2) is 43.9 Å².